The Morgan fingerprint density at radius 2 is 1.69 bits per heavy atom. The van der Waals surface area contributed by atoms with E-state index in [1.807, 2.05) is 31.2 Å². The standard InChI is InChI=1S/C25H23F2N3O2/c1-17-7-2-3-8-18(17)16-29-13-6-14-30(25(29)32)20-10-4-9-19(15-20)28-24(31)23-21(26)11-5-12-22(23)27/h2-5,7-12,15H,6,13-14,16H2,1H3,(H,28,31). The monoisotopic (exact) mass is 435 g/mol. The van der Waals surface area contributed by atoms with Gasteiger partial charge in [0, 0.05) is 31.0 Å². The molecule has 0 radical (unpaired) electrons. The van der Waals surface area contributed by atoms with E-state index >= 15 is 0 Å². The van der Waals surface area contributed by atoms with E-state index in [1.165, 1.54) is 6.07 Å². The minimum atomic E-state index is -0.934. The number of urea groups is 1. The van der Waals surface area contributed by atoms with Gasteiger partial charge < -0.3 is 10.2 Å². The zero-order chi connectivity index (χ0) is 22.7. The minimum Gasteiger partial charge on any atom is -0.322 e. The average Bonchev–Trinajstić information content (AvgIpc) is 2.77. The Morgan fingerprint density at radius 3 is 2.44 bits per heavy atom. The van der Waals surface area contributed by atoms with Crippen LogP contribution in [0, 0.1) is 18.6 Å². The first-order valence-corrected chi connectivity index (χ1v) is 10.4. The molecule has 3 amide bonds. The van der Waals surface area contributed by atoms with Crippen LogP contribution in [0.25, 0.3) is 0 Å². The molecule has 0 aromatic heterocycles. The van der Waals surface area contributed by atoms with Crippen molar-refractivity contribution in [1.29, 1.82) is 0 Å². The highest BCUT2D eigenvalue weighted by molar-refractivity contribution is 6.05. The first-order chi connectivity index (χ1) is 15.4. The zero-order valence-corrected chi connectivity index (χ0v) is 17.6. The molecule has 1 fully saturated rings. The molecule has 0 atom stereocenters. The van der Waals surface area contributed by atoms with Gasteiger partial charge in [0.25, 0.3) is 5.91 Å². The van der Waals surface area contributed by atoms with Crippen LogP contribution < -0.4 is 10.2 Å². The molecule has 1 heterocycles. The lowest BCUT2D eigenvalue weighted by atomic mass is 10.1. The van der Waals surface area contributed by atoms with Gasteiger partial charge in [0.2, 0.25) is 0 Å². The lowest BCUT2D eigenvalue weighted by Crippen LogP contribution is -2.49. The fraction of sp³-hybridized carbons (Fsp3) is 0.200. The van der Waals surface area contributed by atoms with Gasteiger partial charge in [0.15, 0.2) is 0 Å². The molecule has 4 rings (SSSR count). The van der Waals surface area contributed by atoms with Crippen LogP contribution in [-0.2, 0) is 6.54 Å². The summed E-state index contributed by atoms with van der Waals surface area (Å²) < 4.78 is 27.8. The molecule has 0 saturated carbocycles. The molecule has 0 unspecified atom stereocenters. The number of anilines is 2. The Hall–Kier alpha value is -3.74. The summed E-state index contributed by atoms with van der Waals surface area (Å²) in [5, 5.41) is 2.52. The van der Waals surface area contributed by atoms with Crippen molar-refractivity contribution in [3.8, 4) is 0 Å². The maximum atomic E-state index is 13.9. The second-order valence-electron chi connectivity index (χ2n) is 7.74. The average molecular weight is 435 g/mol. The van der Waals surface area contributed by atoms with Gasteiger partial charge in [-0.3, -0.25) is 9.69 Å². The molecule has 5 nitrogen and oxygen atoms in total. The van der Waals surface area contributed by atoms with E-state index < -0.39 is 23.1 Å². The number of nitrogens with zero attached hydrogens (tertiary/aromatic N) is 2. The molecular weight excluding hydrogens is 412 g/mol. The van der Waals surface area contributed by atoms with Crippen molar-refractivity contribution in [3.63, 3.8) is 0 Å². The molecule has 0 aliphatic carbocycles. The maximum Gasteiger partial charge on any atom is 0.324 e. The van der Waals surface area contributed by atoms with Crippen molar-refractivity contribution in [1.82, 2.24) is 4.90 Å². The molecule has 164 valence electrons. The van der Waals surface area contributed by atoms with Crippen LogP contribution >= 0.6 is 0 Å². The summed E-state index contributed by atoms with van der Waals surface area (Å²) in [4.78, 5) is 29.0. The van der Waals surface area contributed by atoms with Crippen molar-refractivity contribution in [2.24, 2.45) is 0 Å². The maximum absolute atomic E-state index is 13.9. The number of halogens is 2. The molecule has 1 aliphatic heterocycles. The third-order valence-electron chi connectivity index (χ3n) is 5.54. The summed E-state index contributed by atoms with van der Waals surface area (Å²) in [6, 6.07) is 17.8. The van der Waals surface area contributed by atoms with Crippen LogP contribution in [0.3, 0.4) is 0 Å². The molecule has 0 spiro atoms. The van der Waals surface area contributed by atoms with Crippen molar-refractivity contribution < 1.29 is 18.4 Å². The lowest BCUT2D eigenvalue weighted by molar-refractivity contribution is 0.101. The van der Waals surface area contributed by atoms with Gasteiger partial charge in [0.1, 0.15) is 17.2 Å². The van der Waals surface area contributed by atoms with Gasteiger partial charge in [-0.15, -0.1) is 0 Å². The third kappa shape index (κ3) is 4.46. The molecule has 1 aliphatic rings. The predicted octanol–water partition coefficient (Wildman–Crippen LogP) is 5.36. The lowest BCUT2D eigenvalue weighted by Gasteiger charge is -2.36. The number of nitrogens with one attached hydrogen (secondary N) is 1. The number of hydrogen-bond donors (Lipinski definition) is 1. The number of carbonyl (C=O) groups excluding carboxylic acids is 2. The predicted molar refractivity (Wildman–Crippen MR) is 120 cm³/mol. The molecule has 32 heavy (non-hydrogen) atoms. The van der Waals surface area contributed by atoms with Crippen LogP contribution in [0.4, 0.5) is 25.0 Å². The highest BCUT2D eigenvalue weighted by atomic mass is 19.1. The highest BCUT2D eigenvalue weighted by Crippen LogP contribution is 2.25. The molecule has 3 aromatic rings. The first kappa shape index (κ1) is 21.5. The first-order valence-electron chi connectivity index (χ1n) is 10.4. The third-order valence-corrected chi connectivity index (χ3v) is 5.54. The SMILES string of the molecule is Cc1ccccc1CN1CCCN(c2cccc(NC(=O)c3c(F)cccc3F)c2)C1=O. The molecular formula is C25H23F2N3O2. The van der Waals surface area contributed by atoms with Crippen molar-refractivity contribution in [2.45, 2.75) is 19.9 Å². The summed E-state index contributed by atoms with van der Waals surface area (Å²) in [5.74, 6) is -2.75. The van der Waals surface area contributed by atoms with Gasteiger partial charge in [-0.1, -0.05) is 36.4 Å². The number of amides is 3. The topological polar surface area (TPSA) is 52.6 Å². The zero-order valence-electron chi connectivity index (χ0n) is 17.6. The van der Waals surface area contributed by atoms with Crippen LogP contribution in [-0.4, -0.2) is 29.9 Å². The Labute approximate surface area is 185 Å². The number of carbonyl (C=O) groups is 2. The summed E-state index contributed by atoms with van der Waals surface area (Å²) in [7, 11) is 0. The summed E-state index contributed by atoms with van der Waals surface area (Å²) >= 11 is 0. The van der Waals surface area contributed by atoms with E-state index in [2.05, 4.69) is 5.32 Å². The van der Waals surface area contributed by atoms with E-state index in [0.717, 1.165) is 29.7 Å². The van der Waals surface area contributed by atoms with Gasteiger partial charge in [-0.05, 0) is 54.8 Å². The van der Waals surface area contributed by atoms with Crippen LogP contribution in [0.1, 0.15) is 27.9 Å². The van der Waals surface area contributed by atoms with Crippen molar-refractivity contribution in [3.05, 3.63) is 95.1 Å². The fourth-order valence-corrected chi connectivity index (χ4v) is 3.82. The Kier molecular flexibility index (Phi) is 6.16. The minimum absolute atomic E-state index is 0.122. The number of benzene rings is 3. The van der Waals surface area contributed by atoms with Gasteiger partial charge in [0.05, 0.1) is 0 Å². The smallest absolute Gasteiger partial charge is 0.322 e. The quantitative estimate of drug-likeness (QED) is 0.587. The molecule has 0 bridgehead atoms. The van der Waals surface area contributed by atoms with E-state index in [-0.39, 0.29) is 6.03 Å². The van der Waals surface area contributed by atoms with Crippen LogP contribution in [0.5, 0.6) is 0 Å². The van der Waals surface area contributed by atoms with Gasteiger partial charge in [-0.2, -0.15) is 0 Å². The Morgan fingerprint density at radius 1 is 0.969 bits per heavy atom. The molecule has 1 N–H and O–H groups in total. The molecule has 3 aromatic carbocycles. The van der Waals surface area contributed by atoms with E-state index in [0.29, 0.717) is 31.0 Å². The Balaban J connectivity index is 1.51. The van der Waals surface area contributed by atoms with E-state index in [1.54, 1.807) is 34.1 Å². The van der Waals surface area contributed by atoms with Crippen molar-refractivity contribution in [2.75, 3.05) is 23.3 Å². The van der Waals surface area contributed by atoms with E-state index in [9.17, 15) is 18.4 Å². The second-order valence-corrected chi connectivity index (χ2v) is 7.74. The van der Waals surface area contributed by atoms with Gasteiger partial charge in [-0.25, -0.2) is 13.6 Å². The number of rotatable bonds is 5. The Bertz CT molecular complexity index is 1150. The summed E-state index contributed by atoms with van der Waals surface area (Å²) in [5.41, 5.74) is 2.53. The van der Waals surface area contributed by atoms with Crippen molar-refractivity contribution >= 4 is 23.3 Å². The summed E-state index contributed by atoms with van der Waals surface area (Å²) in [6.45, 7) is 3.74. The fourth-order valence-electron chi connectivity index (χ4n) is 3.82. The second kappa shape index (κ2) is 9.18. The molecule has 1 saturated heterocycles. The number of aryl methyl sites for hydroxylation is 1. The van der Waals surface area contributed by atoms with Gasteiger partial charge >= 0.3 is 6.03 Å². The number of hydrogen-bond acceptors (Lipinski definition) is 2. The molecule has 7 heteroatoms. The van der Waals surface area contributed by atoms with Crippen LogP contribution in [0.15, 0.2) is 66.7 Å². The van der Waals surface area contributed by atoms with Crippen LogP contribution in [0.2, 0.25) is 0 Å². The summed E-state index contributed by atoms with van der Waals surface area (Å²) in [6.07, 6.45) is 0.800. The highest BCUT2D eigenvalue weighted by Gasteiger charge is 2.27. The largest absolute Gasteiger partial charge is 0.324 e. The van der Waals surface area contributed by atoms with E-state index in [4.69, 9.17) is 0 Å². The normalized spacial score (nSPS) is 13.9.